The zero-order valence-electron chi connectivity index (χ0n) is 19.3. The first-order chi connectivity index (χ1) is 17.5. The van der Waals surface area contributed by atoms with Crippen LogP contribution >= 0.6 is 23.6 Å². The molecule has 0 atom stereocenters. The van der Waals surface area contributed by atoms with Gasteiger partial charge < -0.3 is 20.1 Å². The number of nitrogens with one attached hydrogen (secondary N) is 3. The van der Waals surface area contributed by atoms with Gasteiger partial charge in [0.05, 0.1) is 17.7 Å². The molecule has 3 aromatic carbocycles. The van der Waals surface area contributed by atoms with Crippen LogP contribution in [0.3, 0.4) is 0 Å². The first-order valence-corrected chi connectivity index (χ1v) is 12.2. The molecule has 0 unspecified atom stereocenters. The Morgan fingerprint density at radius 3 is 2.36 bits per heavy atom. The Hall–Kier alpha value is -4.21. The summed E-state index contributed by atoms with van der Waals surface area (Å²) in [6.45, 7) is 0.445. The molecule has 0 spiro atoms. The van der Waals surface area contributed by atoms with E-state index in [1.165, 1.54) is 18.4 Å². The van der Waals surface area contributed by atoms with Crippen molar-refractivity contribution >= 4 is 51.9 Å². The van der Waals surface area contributed by atoms with Gasteiger partial charge >= 0.3 is 0 Å². The van der Waals surface area contributed by atoms with Crippen LogP contribution in [0.2, 0.25) is 0 Å². The third kappa shape index (κ3) is 6.68. The van der Waals surface area contributed by atoms with Crippen molar-refractivity contribution in [1.29, 1.82) is 0 Å². The molecule has 4 aromatic rings. The van der Waals surface area contributed by atoms with Gasteiger partial charge in [-0.2, -0.15) is 0 Å². The molecular weight excluding hydrogens is 494 g/mol. The molecule has 182 valence electrons. The molecule has 0 radical (unpaired) electrons. The fraction of sp³-hybridized carbons (Fsp3) is 0.0741. The molecule has 36 heavy (non-hydrogen) atoms. The standard InChI is InChI=1S/C27H23N3O4S2/c1-33-23-16-20(11-14-22(23)29-26(32)24-8-5-15-36-24)28-27(35)30-25(31)19-9-12-21(13-10-19)34-17-18-6-3-2-4-7-18/h2-16H,17H2,1H3,(H,29,32)(H2,28,30,31,35). The third-order valence-corrected chi connectivity index (χ3v) is 6.12. The molecule has 4 rings (SSSR count). The van der Waals surface area contributed by atoms with E-state index in [2.05, 4.69) is 16.0 Å². The highest BCUT2D eigenvalue weighted by atomic mass is 32.1. The maximum atomic E-state index is 12.6. The van der Waals surface area contributed by atoms with Gasteiger partial charge in [0.2, 0.25) is 0 Å². The van der Waals surface area contributed by atoms with Crippen LogP contribution in [0.25, 0.3) is 0 Å². The highest BCUT2D eigenvalue weighted by Gasteiger charge is 2.13. The number of anilines is 2. The van der Waals surface area contributed by atoms with Gasteiger partial charge in [0.1, 0.15) is 18.1 Å². The van der Waals surface area contributed by atoms with Crippen LogP contribution in [0, 0.1) is 0 Å². The van der Waals surface area contributed by atoms with Crippen molar-refractivity contribution in [3.63, 3.8) is 0 Å². The number of thiocarbonyl (C=S) groups is 1. The Labute approximate surface area is 218 Å². The maximum absolute atomic E-state index is 12.6. The number of benzene rings is 3. The molecule has 9 heteroatoms. The van der Waals surface area contributed by atoms with Gasteiger partial charge in [-0.15, -0.1) is 11.3 Å². The first-order valence-electron chi connectivity index (χ1n) is 10.9. The minimum absolute atomic E-state index is 0.127. The fourth-order valence-corrected chi connectivity index (χ4v) is 4.07. The Kier molecular flexibility index (Phi) is 8.28. The topological polar surface area (TPSA) is 88.7 Å². The summed E-state index contributed by atoms with van der Waals surface area (Å²) in [6.07, 6.45) is 0. The Bertz CT molecular complexity index is 1340. The van der Waals surface area contributed by atoms with Crippen LogP contribution in [0.15, 0.2) is 90.3 Å². The zero-order valence-corrected chi connectivity index (χ0v) is 20.9. The zero-order chi connectivity index (χ0) is 25.3. The summed E-state index contributed by atoms with van der Waals surface area (Å²) >= 11 is 6.64. The second-order valence-corrected chi connectivity index (χ2v) is 8.91. The Morgan fingerprint density at radius 2 is 1.67 bits per heavy atom. The average Bonchev–Trinajstić information content (AvgIpc) is 3.44. The van der Waals surface area contributed by atoms with Crippen molar-refractivity contribution in [1.82, 2.24) is 5.32 Å². The monoisotopic (exact) mass is 517 g/mol. The van der Waals surface area contributed by atoms with Crippen LogP contribution < -0.4 is 25.4 Å². The van der Waals surface area contributed by atoms with E-state index < -0.39 is 0 Å². The summed E-state index contributed by atoms with van der Waals surface area (Å²) in [5.41, 5.74) is 2.61. The van der Waals surface area contributed by atoms with E-state index in [4.69, 9.17) is 21.7 Å². The summed E-state index contributed by atoms with van der Waals surface area (Å²) in [4.78, 5) is 25.5. The molecule has 2 amide bonds. The van der Waals surface area contributed by atoms with Crippen molar-refractivity contribution in [2.45, 2.75) is 6.61 Å². The molecule has 0 aliphatic heterocycles. The summed E-state index contributed by atoms with van der Waals surface area (Å²) < 4.78 is 11.2. The minimum atomic E-state index is -0.353. The molecule has 0 bridgehead atoms. The van der Waals surface area contributed by atoms with Crippen molar-refractivity contribution in [3.8, 4) is 11.5 Å². The molecule has 0 aliphatic rings. The number of ether oxygens (including phenoxy) is 2. The SMILES string of the molecule is COc1cc(NC(=S)NC(=O)c2ccc(OCc3ccccc3)cc2)ccc1NC(=O)c1cccs1. The Morgan fingerprint density at radius 1 is 0.889 bits per heavy atom. The number of rotatable bonds is 8. The highest BCUT2D eigenvalue weighted by Crippen LogP contribution is 2.29. The molecule has 7 nitrogen and oxygen atoms in total. The quantitative estimate of drug-likeness (QED) is 0.259. The van der Waals surface area contributed by atoms with Crippen LogP contribution in [0.1, 0.15) is 25.6 Å². The fourth-order valence-electron chi connectivity index (χ4n) is 3.24. The van der Waals surface area contributed by atoms with Gasteiger partial charge in [0, 0.05) is 17.3 Å². The lowest BCUT2D eigenvalue weighted by atomic mass is 10.2. The van der Waals surface area contributed by atoms with Crippen LogP contribution in [0.5, 0.6) is 11.5 Å². The van der Waals surface area contributed by atoms with Gasteiger partial charge in [0.15, 0.2) is 5.11 Å². The van der Waals surface area contributed by atoms with Crippen LogP contribution in [-0.2, 0) is 6.61 Å². The van der Waals surface area contributed by atoms with Gasteiger partial charge in [-0.1, -0.05) is 36.4 Å². The number of carbonyl (C=O) groups is 2. The second kappa shape index (κ2) is 12.0. The van der Waals surface area contributed by atoms with Crippen molar-refractivity contribution < 1.29 is 19.1 Å². The van der Waals surface area contributed by atoms with E-state index >= 15 is 0 Å². The Balaban J connectivity index is 1.31. The molecule has 3 N–H and O–H groups in total. The summed E-state index contributed by atoms with van der Waals surface area (Å²) in [5, 5.41) is 10.4. The number of carbonyl (C=O) groups excluding carboxylic acids is 2. The predicted molar refractivity (Wildman–Crippen MR) is 146 cm³/mol. The van der Waals surface area contributed by atoms with E-state index in [0.717, 1.165) is 5.56 Å². The molecular formula is C27H23N3O4S2. The number of amides is 2. The summed E-state index contributed by atoms with van der Waals surface area (Å²) in [7, 11) is 1.51. The van der Waals surface area contributed by atoms with Crippen molar-refractivity contribution in [2.75, 3.05) is 17.7 Å². The normalized spacial score (nSPS) is 10.2. The largest absolute Gasteiger partial charge is 0.494 e. The van der Waals surface area contributed by atoms with Gasteiger partial charge in [-0.05, 0) is 65.6 Å². The second-order valence-electron chi connectivity index (χ2n) is 7.55. The first kappa shape index (κ1) is 24.9. The lowest BCUT2D eigenvalue weighted by Gasteiger charge is -2.14. The molecule has 0 saturated heterocycles. The molecule has 1 heterocycles. The predicted octanol–water partition coefficient (Wildman–Crippen LogP) is 5.71. The molecule has 0 saturated carbocycles. The van der Waals surface area contributed by atoms with Gasteiger partial charge in [0.25, 0.3) is 11.8 Å². The maximum Gasteiger partial charge on any atom is 0.265 e. The minimum Gasteiger partial charge on any atom is -0.494 e. The number of hydrogen-bond acceptors (Lipinski definition) is 6. The smallest absolute Gasteiger partial charge is 0.265 e. The van der Waals surface area contributed by atoms with Crippen LogP contribution in [-0.4, -0.2) is 24.0 Å². The molecule has 0 aliphatic carbocycles. The average molecular weight is 518 g/mol. The lowest BCUT2D eigenvalue weighted by molar-refractivity contribution is 0.0976. The summed E-state index contributed by atoms with van der Waals surface area (Å²) in [5.74, 6) is 0.539. The van der Waals surface area contributed by atoms with Gasteiger partial charge in [-0.25, -0.2) is 0 Å². The number of hydrogen-bond donors (Lipinski definition) is 3. The van der Waals surface area contributed by atoms with Gasteiger partial charge in [-0.3, -0.25) is 14.9 Å². The van der Waals surface area contributed by atoms with E-state index in [9.17, 15) is 9.59 Å². The van der Waals surface area contributed by atoms with Crippen molar-refractivity contribution in [2.24, 2.45) is 0 Å². The van der Waals surface area contributed by atoms with E-state index in [-0.39, 0.29) is 16.9 Å². The highest BCUT2D eigenvalue weighted by molar-refractivity contribution is 7.80. The van der Waals surface area contributed by atoms with E-state index in [1.54, 1.807) is 48.5 Å². The molecule has 1 aromatic heterocycles. The van der Waals surface area contributed by atoms with Crippen LogP contribution in [0.4, 0.5) is 11.4 Å². The lowest BCUT2D eigenvalue weighted by Crippen LogP contribution is -2.34. The summed E-state index contributed by atoms with van der Waals surface area (Å²) in [6, 6.07) is 25.3. The number of thiophene rings is 1. The van der Waals surface area contributed by atoms with E-state index in [1.807, 2.05) is 41.8 Å². The third-order valence-electron chi connectivity index (χ3n) is 5.04. The van der Waals surface area contributed by atoms with E-state index in [0.29, 0.717) is 39.9 Å². The molecule has 0 fully saturated rings. The number of methoxy groups -OCH3 is 1. The van der Waals surface area contributed by atoms with Crippen molar-refractivity contribution in [3.05, 3.63) is 106 Å².